The lowest BCUT2D eigenvalue weighted by Crippen LogP contribution is -1.82. The topological polar surface area (TPSA) is 25.8 Å². The number of hydrogen-bond donors (Lipinski definition) is 0. The molecular formula is C10H9ClN2S2. The van der Waals surface area contributed by atoms with Gasteiger partial charge in [-0.1, -0.05) is 29.4 Å². The van der Waals surface area contributed by atoms with Gasteiger partial charge in [0.15, 0.2) is 0 Å². The van der Waals surface area contributed by atoms with E-state index in [9.17, 15) is 0 Å². The van der Waals surface area contributed by atoms with E-state index in [0.717, 1.165) is 21.3 Å². The van der Waals surface area contributed by atoms with Gasteiger partial charge < -0.3 is 0 Å². The summed E-state index contributed by atoms with van der Waals surface area (Å²) in [7, 11) is 0. The maximum absolute atomic E-state index is 5.70. The van der Waals surface area contributed by atoms with Gasteiger partial charge in [0.05, 0.1) is 0 Å². The zero-order valence-electron chi connectivity index (χ0n) is 8.11. The number of rotatable bonds is 3. The fraction of sp³-hybridized carbons (Fsp3) is 0.200. The van der Waals surface area contributed by atoms with E-state index in [1.807, 2.05) is 19.1 Å². The van der Waals surface area contributed by atoms with Crippen LogP contribution in [0.1, 0.15) is 11.3 Å². The Morgan fingerprint density at radius 1 is 1.47 bits per heavy atom. The molecule has 0 N–H and O–H groups in total. The third-order valence-corrected chi connectivity index (χ3v) is 4.18. The molecule has 78 valence electrons. The van der Waals surface area contributed by atoms with Gasteiger partial charge in [-0.3, -0.25) is 0 Å². The lowest BCUT2D eigenvalue weighted by atomic mass is 10.3. The lowest BCUT2D eigenvalue weighted by molar-refractivity contribution is 1.15. The molecule has 0 amide bonds. The van der Waals surface area contributed by atoms with Crippen molar-refractivity contribution in [3.05, 3.63) is 40.1 Å². The number of thiazole rings is 1. The Balaban J connectivity index is 1.96. The van der Waals surface area contributed by atoms with Crippen LogP contribution in [-0.2, 0) is 5.75 Å². The lowest BCUT2D eigenvalue weighted by Gasteiger charge is -1.97. The smallest absolute Gasteiger partial charge is 0.150 e. The third kappa shape index (κ3) is 3.19. The molecule has 0 atom stereocenters. The SMILES string of the molecule is Cc1csc(SCc2ccc(Cl)nc2)n1. The highest BCUT2D eigenvalue weighted by atomic mass is 35.5. The van der Waals surface area contributed by atoms with E-state index in [2.05, 4.69) is 15.3 Å². The minimum absolute atomic E-state index is 0.536. The van der Waals surface area contributed by atoms with Crippen molar-refractivity contribution < 1.29 is 0 Å². The minimum Gasteiger partial charge on any atom is -0.244 e. The van der Waals surface area contributed by atoms with Crippen LogP contribution in [0.2, 0.25) is 5.15 Å². The zero-order valence-corrected chi connectivity index (χ0v) is 10.5. The molecule has 2 aromatic heterocycles. The first-order valence-electron chi connectivity index (χ1n) is 4.39. The molecule has 0 saturated heterocycles. The molecule has 2 heterocycles. The van der Waals surface area contributed by atoms with Gasteiger partial charge in [-0.25, -0.2) is 9.97 Å². The van der Waals surface area contributed by atoms with Crippen molar-refractivity contribution in [1.82, 2.24) is 9.97 Å². The standard InChI is InChI=1S/C10H9ClN2S2/c1-7-5-14-10(13-7)15-6-8-2-3-9(11)12-4-8/h2-5H,6H2,1H3. The van der Waals surface area contributed by atoms with Crippen LogP contribution >= 0.6 is 34.7 Å². The highest BCUT2D eigenvalue weighted by Crippen LogP contribution is 2.25. The van der Waals surface area contributed by atoms with Gasteiger partial charge in [0.25, 0.3) is 0 Å². The molecule has 0 aliphatic carbocycles. The Hall–Kier alpha value is -0.580. The van der Waals surface area contributed by atoms with Crippen LogP contribution in [0.4, 0.5) is 0 Å². The molecule has 0 spiro atoms. The van der Waals surface area contributed by atoms with Crippen molar-refractivity contribution in [2.75, 3.05) is 0 Å². The van der Waals surface area contributed by atoms with E-state index in [1.165, 1.54) is 0 Å². The predicted molar refractivity (Wildman–Crippen MR) is 65.7 cm³/mol. The number of halogens is 1. The van der Waals surface area contributed by atoms with E-state index in [1.54, 1.807) is 29.3 Å². The first kappa shape index (κ1) is 10.9. The summed E-state index contributed by atoms with van der Waals surface area (Å²) in [6.07, 6.45) is 1.80. The molecule has 0 saturated carbocycles. The van der Waals surface area contributed by atoms with Crippen molar-refractivity contribution in [2.45, 2.75) is 17.0 Å². The fourth-order valence-corrected chi connectivity index (χ4v) is 2.93. The Kier molecular flexibility index (Phi) is 3.61. The van der Waals surface area contributed by atoms with E-state index in [4.69, 9.17) is 11.6 Å². The summed E-state index contributed by atoms with van der Waals surface area (Å²) in [5.41, 5.74) is 2.24. The maximum atomic E-state index is 5.70. The van der Waals surface area contributed by atoms with Crippen molar-refractivity contribution >= 4 is 34.7 Å². The number of aryl methyl sites for hydroxylation is 1. The van der Waals surface area contributed by atoms with E-state index < -0.39 is 0 Å². The number of hydrogen-bond acceptors (Lipinski definition) is 4. The fourth-order valence-electron chi connectivity index (χ4n) is 1.04. The maximum Gasteiger partial charge on any atom is 0.150 e. The summed E-state index contributed by atoms with van der Waals surface area (Å²) in [4.78, 5) is 8.41. The first-order chi connectivity index (χ1) is 7.24. The van der Waals surface area contributed by atoms with Crippen LogP contribution in [0.3, 0.4) is 0 Å². The zero-order chi connectivity index (χ0) is 10.7. The van der Waals surface area contributed by atoms with E-state index in [0.29, 0.717) is 5.15 Å². The van der Waals surface area contributed by atoms with E-state index in [-0.39, 0.29) is 0 Å². The van der Waals surface area contributed by atoms with Gasteiger partial charge in [0, 0.05) is 23.0 Å². The summed E-state index contributed by atoms with van der Waals surface area (Å²) in [5, 5.41) is 2.59. The Morgan fingerprint density at radius 2 is 2.33 bits per heavy atom. The number of pyridine rings is 1. The summed E-state index contributed by atoms with van der Waals surface area (Å²) >= 11 is 9.11. The van der Waals surface area contributed by atoms with Crippen LogP contribution < -0.4 is 0 Å². The second-order valence-electron chi connectivity index (χ2n) is 3.03. The number of nitrogens with zero attached hydrogens (tertiary/aromatic N) is 2. The monoisotopic (exact) mass is 256 g/mol. The molecule has 0 aromatic carbocycles. The van der Waals surface area contributed by atoms with Gasteiger partial charge in [0.2, 0.25) is 0 Å². The Labute approximate surface area is 102 Å². The predicted octanol–water partition coefficient (Wildman–Crippen LogP) is 3.79. The highest BCUT2D eigenvalue weighted by Gasteiger charge is 2.00. The molecule has 5 heteroatoms. The Bertz CT molecular complexity index is 439. The van der Waals surface area contributed by atoms with Crippen LogP contribution in [0.5, 0.6) is 0 Å². The first-order valence-corrected chi connectivity index (χ1v) is 6.64. The molecule has 2 nitrogen and oxygen atoms in total. The van der Waals surface area contributed by atoms with Crippen LogP contribution in [0.25, 0.3) is 0 Å². The van der Waals surface area contributed by atoms with Crippen molar-refractivity contribution in [3.8, 4) is 0 Å². The molecule has 0 fully saturated rings. The largest absolute Gasteiger partial charge is 0.244 e. The molecule has 2 aromatic rings. The summed E-state index contributed by atoms with van der Waals surface area (Å²) in [5.74, 6) is 0.886. The average molecular weight is 257 g/mol. The van der Waals surface area contributed by atoms with Gasteiger partial charge in [-0.05, 0) is 18.6 Å². The van der Waals surface area contributed by atoms with Crippen molar-refractivity contribution in [2.24, 2.45) is 0 Å². The summed E-state index contributed by atoms with van der Waals surface area (Å²) in [6.45, 7) is 2.00. The molecule has 0 aliphatic rings. The molecule has 0 unspecified atom stereocenters. The van der Waals surface area contributed by atoms with Gasteiger partial charge in [0.1, 0.15) is 9.49 Å². The third-order valence-electron chi connectivity index (χ3n) is 1.75. The second kappa shape index (κ2) is 4.96. The van der Waals surface area contributed by atoms with Gasteiger partial charge >= 0.3 is 0 Å². The molecule has 2 rings (SSSR count). The van der Waals surface area contributed by atoms with Crippen LogP contribution in [0.15, 0.2) is 28.0 Å². The van der Waals surface area contributed by atoms with Crippen molar-refractivity contribution in [1.29, 1.82) is 0 Å². The number of aromatic nitrogens is 2. The van der Waals surface area contributed by atoms with Crippen LogP contribution in [-0.4, -0.2) is 9.97 Å². The minimum atomic E-state index is 0.536. The molecular weight excluding hydrogens is 248 g/mol. The average Bonchev–Trinajstić information content (AvgIpc) is 2.64. The highest BCUT2D eigenvalue weighted by molar-refractivity contribution is 8.00. The van der Waals surface area contributed by atoms with Gasteiger partial charge in [-0.15, -0.1) is 11.3 Å². The van der Waals surface area contributed by atoms with E-state index >= 15 is 0 Å². The summed E-state index contributed by atoms with van der Waals surface area (Å²) in [6, 6.07) is 3.80. The second-order valence-corrected chi connectivity index (χ2v) is 5.50. The van der Waals surface area contributed by atoms with Crippen LogP contribution in [0, 0.1) is 6.92 Å². The Morgan fingerprint density at radius 3 is 2.93 bits per heavy atom. The number of thioether (sulfide) groups is 1. The molecule has 0 radical (unpaired) electrons. The van der Waals surface area contributed by atoms with Crippen molar-refractivity contribution in [3.63, 3.8) is 0 Å². The molecule has 0 bridgehead atoms. The normalized spacial score (nSPS) is 10.5. The quantitative estimate of drug-likeness (QED) is 0.617. The van der Waals surface area contributed by atoms with Gasteiger partial charge in [-0.2, -0.15) is 0 Å². The summed E-state index contributed by atoms with van der Waals surface area (Å²) < 4.78 is 1.10. The molecule has 0 aliphatic heterocycles. The molecule has 15 heavy (non-hydrogen) atoms.